The summed E-state index contributed by atoms with van der Waals surface area (Å²) in [6, 6.07) is 26.4. The Labute approximate surface area is 197 Å². The lowest BCUT2D eigenvalue weighted by Gasteiger charge is -2.32. The van der Waals surface area contributed by atoms with Gasteiger partial charge in [0, 0.05) is 23.6 Å². The van der Waals surface area contributed by atoms with Crippen LogP contribution in [-0.2, 0) is 6.61 Å². The van der Waals surface area contributed by atoms with Crippen LogP contribution in [-0.4, -0.2) is 34.6 Å². The second-order valence-electron chi connectivity index (χ2n) is 9.01. The lowest BCUT2D eigenvalue weighted by atomic mass is 9.86. The van der Waals surface area contributed by atoms with E-state index in [0.717, 1.165) is 35.4 Å². The summed E-state index contributed by atoms with van der Waals surface area (Å²) in [6.07, 6.45) is 0.866. The maximum atomic E-state index is 11.8. The summed E-state index contributed by atoms with van der Waals surface area (Å²) in [5.74, 6) is -0.168. The van der Waals surface area contributed by atoms with Gasteiger partial charge in [-0.1, -0.05) is 60.7 Å². The standard InChI is InChI=1S/C29H35NO3/c1-21(2)30(22(3)4)18-17-26(24-13-9-6-10-14-24)27-19-25(29(31)32)15-16-28(27)33-20-23-11-7-5-8-12-23/h5-16,19,21-22,26H,17-18,20H2,1-4H3,(H,31,32). The Morgan fingerprint density at radius 3 is 2.06 bits per heavy atom. The summed E-state index contributed by atoms with van der Waals surface area (Å²) in [5, 5.41) is 9.68. The number of carbonyl (C=O) groups is 1. The van der Waals surface area contributed by atoms with Crippen LogP contribution in [0.5, 0.6) is 5.75 Å². The zero-order chi connectivity index (χ0) is 23.8. The second-order valence-corrected chi connectivity index (χ2v) is 9.01. The minimum Gasteiger partial charge on any atom is -0.489 e. The van der Waals surface area contributed by atoms with Crippen LogP contribution < -0.4 is 4.74 Å². The molecule has 4 heteroatoms. The summed E-state index contributed by atoms with van der Waals surface area (Å²) < 4.78 is 6.26. The third-order valence-electron chi connectivity index (χ3n) is 6.07. The van der Waals surface area contributed by atoms with Crippen LogP contribution in [0.2, 0.25) is 0 Å². The van der Waals surface area contributed by atoms with Crippen molar-refractivity contribution in [3.63, 3.8) is 0 Å². The van der Waals surface area contributed by atoms with E-state index in [9.17, 15) is 9.90 Å². The largest absolute Gasteiger partial charge is 0.489 e. The van der Waals surface area contributed by atoms with Crippen molar-refractivity contribution in [1.82, 2.24) is 4.90 Å². The first-order valence-electron chi connectivity index (χ1n) is 11.7. The van der Waals surface area contributed by atoms with E-state index in [1.807, 2.05) is 48.5 Å². The van der Waals surface area contributed by atoms with Gasteiger partial charge in [0.15, 0.2) is 0 Å². The van der Waals surface area contributed by atoms with Crippen LogP contribution in [0.1, 0.15) is 67.1 Å². The third-order valence-corrected chi connectivity index (χ3v) is 6.07. The smallest absolute Gasteiger partial charge is 0.335 e. The molecule has 3 aromatic carbocycles. The molecule has 1 unspecified atom stereocenters. The number of carboxylic acids is 1. The molecule has 0 radical (unpaired) electrons. The van der Waals surface area contributed by atoms with E-state index in [-0.39, 0.29) is 11.5 Å². The molecule has 4 nitrogen and oxygen atoms in total. The Bertz CT molecular complexity index is 1010. The molecule has 33 heavy (non-hydrogen) atoms. The quantitative estimate of drug-likeness (QED) is 0.361. The number of aromatic carboxylic acids is 1. The Kier molecular flexibility index (Phi) is 8.67. The van der Waals surface area contributed by atoms with Crippen LogP contribution in [0.25, 0.3) is 0 Å². The minimum absolute atomic E-state index is 0.0243. The number of benzene rings is 3. The predicted octanol–water partition coefficient (Wildman–Crippen LogP) is 6.60. The summed E-state index contributed by atoms with van der Waals surface area (Å²) >= 11 is 0. The molecule has 0 saturated heterocycles. The summed E-state index contributed by atoms with van der Waals surface area (Å²) in [4.78, 5) is 14.3. The van der Waals surface area contributed by atoms with Gasteiger partial charge < -0.3 is 9.84 Å². The van der Waals surface area contributed by atoms with Crippen LogP contribution in [0.15, 0.2) is 78.9 Å². The molecular formula is C29H35NO3. The summed E-state index contributed by atoms with van der Waals surface area (Å²) in [5.41, 5.74) is 3.44. The zero-order valence-corrected chi connectivity index (χ0v) is 20.1. The first-order chi connectivity index (χ1) is 15.9. The Hall–Kier alpha value is -3.11. The van der Waals surface area contributed by atoms with Gasteiger partial charge in [0.25, 0.3) is 0 Å². The zero-order valence-electron chi connectivity index (χ0n) is 20.1. The van der Waals surface area contributed by atoms with Gasteiger partial charge in [-0.25, -0.2) is 4.79 Å². The maximum Gasteiger partial charge on any atom is 0.335 e. The molecular weight excluding hydrogens is 410 g/mol. The topological polar surface area (TPSA) is 49.8 Å². The van der Waals surface area contributed by atoms with Crippen molar-refractivity contribution in [2.45, 2.75) is 58.7 Å². The lowest BCUT2D eigenvalue weighted by molar-refractivity contribution is 0.0696. The van der Waals surface area contributed by atoms with Gasteiger partial charge in [0.1, 0.15) is 12.4 Å². The molecule has 0 aliphatic carbocycles. The SMILES string of the molecule is CC(C)N(CCC(c1ccccc1)c1cc(C(=O)O)ccc1OCc1ccccc1)C(C)C. The molecule has 0 saturated carbocycles. The van der Waals surface area contributed by atoms with Crippen molar-refractivity contribution in [2.24, 2.45) is 0 Å². The second kappa shape index (κ2) is 11.7. The van der Waals surface area contributed by atoms with E-state index in [2.05, 4.69) is 44.7 Å². The maximum absolute atomic E-state index is 11.8. The van der Waals surface area contributed by atoms with Crippen molar-refractivity contribution in [2.75, 3.05) is 6.54 Å². The van der Waals surface area contributed by atoms with E-state index >= 15 is 0 Å². The number of ether oxygens (including phenoxy) is 1. The molecule has 0 spiro atoms. The highest BCUT2D eigenvalue weighted by Gasteiger charge is 2.23. The average Bonchev–Trinajstić information content (AvgIpc) is 2.81. The molecule has 1 N–H and O–H groups in total. The van der Waals surface area contributed by atoms with Crippen LogP contribution in [0.3, 0.4) is 0 Å². The van der Waals surface area contributed by atoms with Crippen molar-refractivity contribution >= 4 is 5.97 Å². The monoisotopic (exact) mass is 445 g/mol. The van der Waals surface area contributed by atoms with Gasteiger partial charge in [0.2, 0.25) is 0 Å². The Morgan fingerprint density at radius 1 is 0.879 bits per heavy atom. The van der Waals surface area contributed by atoms with E-state index in [4.69, 9.17) is 4.74 Å². The molecule has 3 aromatic rings. The highest BCUT2D eigenvalue weighted by Crippen LogP contribution is 2.36. The summed E-state index contributed by atoms with van der Waals surface area (Å²) in [6.45, 7) is 10.2. The number of carboxylic acid groups (broad SMARTS) is 1. The van der Waals surface area contributed by atoms with Crippen molar-refractivity contribution < 1.29 is 14.6 Å². The number of hydrogen-bond acceptors (Lipinski definition) is 3. The van der Waals surface area contributed by atoms with Crippen LogP contribution in [0.4, 0.5) is 0 Å². The summed E-state index contributed by atoms with van der Waals surface area (Å²) in [7, 11) is 0. The van der Waals surface area contributed by atoms with Gasteiger partial charge in [0.05, 0.1) is 5.56 Å². The van der Waals surface area contributed by atoms with Gasteiger partial charge in [-0.05, 0) is 70.0 Å². The molecule has 0 bridgehead atoms. The van der Waals surface area contributed by atoms with E-state index in [1.54, 1.807) is 18.2 Å². The predicted molar refractivity (Wildman–Crippen MR) is 134 cm³/mol. The molecule has 3 rings (SSSR count). The van der Waals surface area contributed by atoms with E-state index in [1.165, 1.54) is 0 Å². The van der Waals surface area contributed by atoms with E-state index < -0.39 is 5.97 Å². The first kappa shape index (κ1) is 24.5. The fourth-order valence-electron chi connectivity index (χ4n) is 4.40. The van der Waals surface area contributed by atoms with Gasteiger partial charge in [-0.3, -0.25) is 4.90 Å². The molecule has 1 atom stereocenters. The Morgan fingerprint density at radius 2 is 1.48 bits per heavy atom. The van der Waals surface area contributed by atoms with Crippen LogP contribution in [0, 0.1) is 0 Å². The molecule has 0 fully saturated rings. The normalized spacial score (nSPS) is 12.3. The van der Waals surface area contributed by atoms with Crippen LogP contribution >= 0.6 is 0 Å². The highest BCUT2D eigenvalue weighted by molar-refractivity contribution is 5.88. The van der Waals surface area contributed by atoms with E-state index in [0.29, 0.717) is 18.7 Å². The molecule has 174 valence electrons. The number of nitrogens with zero attached hydrogens (tertiary/aromatic N) is 1. The molecule has 0 aliphatic rings. The average molecular weight is 446 g/mol. The van der Waals surface area contributed by atoms with Crippen molar-refractivity contribution in [1.29, 1.82) is 0 Å². The van der Waals surface area contributed by atoms with Gasteiger partial charge in [-0.15, -0.1) is 0 Å². The van der Waals surface area contributed by atoms with Gasteiger partial charge in [-0.2, -0.15) is 0 Å². The van der Waals surface area contributed by atoms with Gasteiger partial charge >= 0.3 is 5.97 Å². The minimum atomic E-state index is -0.927. The number of rotatable bonds is 11. The third kappa shape index (κ3) is 6.69. The molecule has 0 amide bonds. The van der Waals surface area contributed by atoms with Crippen molar-refractivity contribution in [3.05, 3.63) is 101 Å². The van der Waals surface area contributed by atoms with Crippen molar-refractivity contribution in [3.8, 4) is 5.75 Å². The Balaban J connectivity index is 1.99. The highest BCUT2D eigenvalue weighted by atomic mass is 16.5. The number of hydrogen-bond donors (Lipinski definition) is 1. The fraction of sp³-hybridized carbons (Fsp3) is 0.345. The molecule has 0 aliphatic heterocycles. The molecule has 0 heterocycles. The lowest BCUT2D eigenvalue weighted by Crippen LogP contribution is -2.38. The first-order valence-corrected chi connectivity index (χ1v) is 11.7. The molecule has 0 aromatic heterocycles. The fourth-order valence-corrected chi connectivity index (χ4v) is 4.40.